The van der Waals surface area contributed by atoms with Gasteiger partial charge in [-0.1, -0.05) is 13.8 Å². The summed E-state index contributed by atoms with van der Waals surface area (Å²) >= 11 is 1.76. The summed E-state index contributed by atoms with van der Waals surface area (Å²) in [6, 6.07) is 0. The summed E-state index contributed by atoms with van der Waals surface area (Å²) in [5.41, 5.74) is 1.99. The van der Waals surface area contributed by atoms with E-state index in [0.29, 0.717) is 5.92 Å². The molecule has 86 valence electrons. The minimum atomic E-state index is 0.465. The molecule has 0 amide bonds. The van der Waals surface area contributed by atoms with Crippen LogP contribution in [0.2, 0.25) is 0 Å². The second-order valence-corrected chi connectivity index (χ2v) is 4.77. The van der Waals surface area contributed by atoms with E-state index < -0.39 is 0 Å². The van der Waals surface area contributed by atoms with Crippen LogP contribution in [0.1, 0.15) is 26.5 Å². The maximum absolute atomic E-state index is 4.24. The van der Waals surface area contributed by atoms with Crippen LogP contribution in [0.25, 0.3) is 0 Å². The highest BCUT2D eigenvalue weighted by Crippen LogP contribution is 2.30. The number of allylic oxidation sites excluding steroid dienone is 2. The van der Waals surface area contributed by atoms with Gasteiger partial charge in [0.25, 0.3) is 0 Å². The van der Waals surface area contributed by atoms with Crippen molar-refractivity contribution in [3.05, 3.63) is 34.9 Å². The molecule has 0 bridgehead atoms. The summed E-state index contributed by atoms with van der Waals surface area (Å²) in [5, 5.41) is 0. The SMILES string of the molecule is C=N/C(C)=C(\SCc1cnccn1)C(C)C. The number of aromatic nitrogens is 2. The van der Waals surface area contributed by atoms with Crippen LogP contribution in [0.3, 0.4) is 0 Å². The van der Waals surface area contributed by atoms with E-state index in [9.17, 15) is 0 Å². The molecule has 1 rings (SSSR count). The molecule has 1 aromatic heterocycles. The maximum atomic E-state index is 4.24. The second-order valence-electron chi connectivity index (χ2n) is 3.75. The molecule has 4 heteroatoms. The molecule has 1 aromatic rings. The largest absolute Gasteiger partial charge is 0.269 e. The zero-order chi connectivity index (χ0) is 12.0. The van der Waals surface area contributed by atoms with Gasteiger partial charge in [-0.3, -0.25) is 15.0 Å². The zero-order valence-corrected chi connectivity index (χ0v) is 10.8. The summed E-state index contributed by atoms with van der Waals surface area (Å²) in [6.45, 7) is 9.88. The molecular weight excluding hydrogens is 218 g/mol. The number of hydrogen-bond donors (Lipinski definition) is 0. The third-order valence-corrected chi connectivity index (χ3v) is 3.63. The smallest absolute Gasteiger partial charge is 0.0689 e. The van der Waals surface area contributed by atoms with Gasteiger partial charge in [-0.05, 0) is 19.6 Å². The molecule has 0 fully saturated rings. The number of nitrogens with zero attached hydrogens (tertiary/aromatic N) is 3. The van der Waals surface area contributed by atoms with Gasteiger partial charge < -0.3 is 0 Å². The van der Waals surface area contributed by atoms with Crippen molar-refractivity contribution in [3.63, 3.8) is 0 Å². The Bertz CT molecular complexity index is 371. The molecular formula is C12H17N3S. The summed E-state index contributed by atoms with van der Waals surface area (Å²) < 4.78 is 0. The highest BCUT2D eigenvalue weighted by molar-refractivity contribution is 8.02. The Hall–Kier alpha value is -1.16. The molecule has 0 radical (unpaired) electrons. The molecule has 0 N–H and O–H groups in total. The number of rotatable bonds is 5. The van der Waals surface area contributed by atoms with E-state index in [1.54, 1.807) is 30.4 Å². The standard InChI is InChI=1S/C12H17N3S/c1-9(2)12(10(3)13-4)16-8-11-7-14-5-6-15-11/h5-7,9H,4,8H2,1-3H3/b12-10-. The van der Waals surface area contributed by atoms with Crippen molar-refractivity contribution in [2.24, 2.45) is 10.9 Å². The maximum Gasteiger partial charge on any atom is 0.0689 e. The third kappa shape index (κ3) is 3.77. The van der Waals surface area contributed by atoms with Gasteiger partial charge in [0, 0.05) is 34.9 Å². The van der Waals surface area contributed by atoms with E-state index in [-0.39, 0.29) is 0 Å². The van der Waals surface area contributed by atoms with E-state index >= 15 is 0 Å². The van der Waals surface area contributed by atoms with Crippen molar-refractivity contribution in [1.29, 1.82) is 0 Å². The van der Waals surface area contributed by atoms with Gasteiger partial charge in [0.15, 0.2) is 0 Å². The van der Waals surface area contributed by atoms with Gasteiger partial charge >= 0.3 is 0 Å². The molecule has 0 saturated heterocycles. The van der Waals surface area contributed by atoms with E-state index in [1.807, 2.05) is 6.92 Å². The van der Waals surface area contributed by atoms with Gasteiger partial charge in [0.1, 0.15) is 0 Å². The first-order chi connectivity index (χ1) is 7.65. The number of aliphatic imine (C=N–C) groups is 1. The molecule has 0 spiro atoms. The Morgan fingerprint density at radius 3 is 2.75 bits per heavy atom. The van der Waals surface area contributed by atoms with Crippen LogP contribution in [0, 0.1) is 5.92 Å². The Labute approximate surface area is 101 Å². The molecule has 0 aliphatic rings. The summed E-state index contributed by atoms with van der Waals surface area (Å²) in [4.78, 5) is 13.5. The van der Waals surface area contributed by atoms with Gasteiger partial charge in [0.2, 0.25) is 0 Å². The molecule has 16 heavy (non-hydrogen) atoms. The highest BCUT2D eigenvalue weighted by Gasteiger charge is 2.08. The normalized spacial score (nSPS) is 12.5. The first-order valence-corrected chi connectivity index (χ1v) is 6.19. The average molecular weight is 235 g/mol. The van der Waals surface area contributed by atoms with Gasteiger partial charge in [-0.15, -0.1) is 11.8 Å². The fourth-order valence-corrected chi connectivity index (χ4v) is 2.38. The van der Waals surface area contributed by atoms with Crippen molar-refractivity contribution >= 4 is 18.5 Å². The van der Waals surface area contributed by atoms with E-state index in [2.05, 4.69) is 35.5 Å². The summed E-state index contributed by atoms with van der Waals surface area (Å²) in [5.74, 6) is 1.29. The molecule has 0 aromatic carbocycles. The van der Waals surface area contributed by atoms with Crippen molar-refractivity contribution in [2.75, 3.05) is 0 Å². The third-order valence-electron chi connectivity index (χ3n) is 2.11. The fourth-order valence-electron chi connectivity index (χ4n) is 1.32. The van der Waals surface area contributed by atoms with Crippen molar-refractivity contribution in [3.8, 4) is 0 Å². The molecule has 3 nitrogen and oxygen atoms in total. The van der Waals surface area contributed by atoms with Crippen molar-refractivity contribution in [2.45, 2.75) is 26.5 Å². The molecule has 0 unspecified atom stereocenters. The molecule has 1 heterocycles. The van der Waals surface area contributed by atoms with Crippen LogP contribution in [-0.4, -0.2) is 16.7 Å². The number of thioether (sulfide) groups is 1. The lowest BCUT2D eigenvalue weighted by molar-refractivity contribution is 0.803. The molecule has 0 aliphatic heterocycles. The van der Waals surface area contributed by atoms with Crippen LogP contribution in [-0.2, 0) is 5.75 Å². The minimum Gasteiger partial charge on any atom is -0.269 e. The first-order valence-electron chi connectivity index (χ1n) is 5.20. The lowest BCUT2D eigenvalue weighted by Crippen LogP contribution is -1.95. The van der Waals surface area contributed by atoms with Gasteiger partial charge in [-0.25, -0.2) is 0 Å². The van der Waals surface area contributed by atoms with Gasteiger partial charge in [-0.2, -0.15) is 0 Å². The van der Waals surface area contributed by atoms with Crippen molar-refractivity contribution in [1.82, 2.24) is 9.97 Å². The number of hydrogen-bond acceptors (Lipinski definition) is 4. The topological polar surface area (TPSA) is 38.1 Å². The molecule has 0 aliphatic carbocycles. The summed E-state index contributed by atoms with van der Waals surface area (Å²) in [7, 11) is 0. The van der Waals surface area contributed by atoms with E-state index in [4.69, 9.17) is 0 Å². The molecule has 0 saturated carbocycles. The Morgan fingerprint density at radius 2 is 2.25 bits per heavy atom. The van der Waals surface area contributed by atoms with Crippen LogP contribution < -0.4 is 0 Å². The minimum absolute atomic E-state index is 0.465. The van der Waals surface area contributed by atoms with Crippen LogP contribution in [0.4, 0.5) is 0 Å². The second kappa shape index (κ2) is 6.43. The first kappa shape index (κ1) is 12.9. The van der Waals surface area contributed by atoms with Gasteiger partial charge in [0.05, 0.1) is 5.69 Å². The summed E-state index contributed by atoms with van der Waals surface area (Å²) in [6.07, 6.45) is 5.19. The lowest BCUT2D eigenvalue weighted by atomic mass is 10.2. The predicted molar refractivity (Wildman–Crippen MR) is 70.4 cm³/mol. The fraction of sp³-hybridized carbons (Fsp3) is 0.417. The molecule has 0 atom stereocenters. The monoisotopic (exact) mass is 235 g/mol. The van der Waals surface area contributed by atoms with Crippen LogP contribution in [0.15, 0.2) is 34.2 Å². The zero-order valence-electron chi connectivity index (χ0n) is 9.97. The van der Waals surface area contributed by atoms with Crippen LogP contribution >= 0.6 is 11.8 Å². The average Bonchev–Trinajstić information content (AvgIpc) is 2.30. The lowest BCUT2D eigenvalue weighted by Gasteiger charge is -2.12. The van der Waals surface area contributed by atoms with Crippen molar-refractivity contribution < 1.29 is 0 Å². The highest BCUT2D eigenvalue weighted by atomic mass is 32.2. The quantitative estimate of drug-likeness (QED) is 0.735. The Kier molecular flexibility index (Phi) is 5.19. The van der Waals surface area contributed by atoms with E-state index in [1.165, 1.54) is 4.91 Å². The predicted octanol–water partition coefficient (Wildman–Crippen LogP) is 3.30. The Balaban J connectivity index is 2.69. The van der Waals surface area contributed by atoms with E-state index in [0.717, 1.165) is 17.1 Å². The van der Waals surface area contributed by atoms with Crippen LogP contribution in [0.5, 0.6) is 0 Å². The Morgan fingerprint density at radius 1 is 1.50 bits per heavy atom.